The second kappa shape index (κ2) is 3.92. The molecule has 0 unspecified atom stereocenters. The molecule has 0 fully saturated rings. The van der Waals surface area contributed by atoms with Crippen LogP contribution >= 0.6 is 0 Å². The van der Waals surface area contributed by atoms with Crippen molar-refractivity contribution in [3.63, 3.8) is 0 Å². The lowest BCUT2D eigenvalue weighted by atomic mass is 10.3. The fourth-order valence-corrected chi connectivity index (χ4v) is 0.692. The largest absolute Gasteiger partial charge is 0.733 e. The highest BCUT2D eigenvalue weighted by Gasteiger charge is 1.90. The van der Waals surface area contributed by atoms with Crippen molar-refractivity contribution >= 4 is 5.69 Å². The summed E-state index contributed by atoms with van der Waals surface area (Å²) in [4.78, 5) is 4.48. The second-order valence-electron chi connectivity index (χ2n) is 1.89. The Bertz CT molecular complexity index is 203. The summed E-state index contributed by atoms with van der Waals surface area (Å²) in [6.07, 6.45) is 0. The molecule has 0 saturated carbocycles. The summed E-state index contributed by atoms with van der Waals surface area (Å²) in [5.41, 5.74) is 5.45. The standard InChI is InChI=1S/C7H9N2O2/c8-6-11-9(10)7-4-2-1-3-5-7/h1-5H,6,8H2/q-1. The zero-order valence-electron chi connectivity index (χ0n) is 5.93. The van der Waals surface area contributed by atoms with Gasteiger partial charge in [-0.05, 0) is 12.1 Å². The molecule has 1 aromatic carbocycles. The van der Waals surface area contributed by atoms with Crippen molar-refractivity contribution in [3.05, 3.63) is 35.5 Å². The highest BCUT2D eigenvalue weighted by Crippen LogP contribution is 2.10. The van der Waals surface area contributed by atoms with E-state index >= 15 is 0 Å². The topological polar surface area (TPSA) is 61.5 Å². The second-order valence-corrected chi connectivity index (χ2v) is 1.89. The van der Waals surface area contributed by atoms with E-state index in [-0.39, 0.29) is 6.73 Å². The molecule has 0 aliphatic carbocycles. The molecule has 1 aromatic rings. The third kappa shape index (κ3) is 2.19. The van der Waals surface area contributed by atoms with Crippen molar-refractivity contribution < 1.29 is 4.84 Å². The van der Waals surface area contributed by atoms with E-state index in [9.17, 15) is 5.21 Å². The smallest absolute Gasteiger partial charge is 0.122 e. The Morgan fingerprint density at radius 3 is 2.55 bits per heavy atom. The summed E-state index contributed by atoms with van der Waals surface area (Å²) in [5.74, 6) is 0. The maximum absolute atomic E-state index is 10.9. The minimum atomic E-state index is -0.113. The molecule has 4 heteroatoms. The molecule has 0 radical (unpaired) electrons. The number of hydrogen-bond donors (Lipinski definition) is 1. The van der Waals surface area contributed by atoms with Crippen molar-refractivity contribution in [2.24, 2.45) is 5.73 Å². The monoisotopic (exact) mass is 153 g/mol. The number of anilines is 1. The van der Waals surface area contributed by atoms with Crippen LogP contribution in [0.3, 0.4) is 0 Å². The predicted octanol–water partition coefficient (Wildman–Crippen LogP) is 0.839. The van der Waals surface area contributed by atoms with Gasteiger partial charge in [-0.15, -0.1) is 0 Å². The Morgan fingerprint density at radius 1 is 1.36 bits per heavy atom. The molecular formula is C7H9N2O2-. The summed E-state index contributed by atoms with van der Waals surface area (Å²) < 4.78 is 0. The zero-order chi connectivity index (χ0) is 8.10. The van der Waals surface area contributed by atoms with E-state index < -0.39 is 0 Å². The van der Waals surface area contributed by atoms with Gasteiger partial charge in [-0.1, -0.05) is 18.2 Å². The molecule has 60 valence electrons. The van der Waals surface area contributed by atoms with Gasteiger partial charge in [-0.25, -0.2) is 0 Å². The average molecular weight is 153 g/mol. The van der Waals surface area contributed by atoms with Gasteiger partial charge in [0.1, 0.15) is 6.73 Å². The third-order valence-corrected chi connectivity index (χ3v) is 1.16. The van der Waals surface area contributed by atoms with Crippen molar-refractivity contribution in [1.29, 1.82) is 0 Å². The molecule has 0 atom stereocenters. The van der Waals surface area contributed by atoms with Gasteiger partial charge in [0.15, 0.2) is 0 Å². The molecule has 1 rings (SSSR count). The number of benzene rings is 1. The first kappa shape index (κ1) is 8.00. The van der Waals surface area contributed by atoms with Crippen LogP contribution in [0, 0.1) is 5.21 Å². The molecule has 0 bridgehead atoms. The first-order valence-corrected chi connectivity index (χ1v) is 3.20. The first-order valence-electron chi connectivity index (χ1n) is 3.20. The minimum absolute atomic E-state index is 0.113. The van der Waals surface area contributed by atoms with E-state index in [1.54, 1.807) is 24.3 Å². The molecule has 0 aromatic heterocycles. The van der Waals surface area contributed by atoms with Crippen LogP contribution in [0.1, 0.15) is 0 Å². The highest BCUT2D eigenvalue weighted by atomic mass is 16.9. The zero-order valence-corrected chi connectivity index (χ0v) is 5.93. The van der Waals surface area contributed by atoms with Crippen molar-refractivity contribution in [1.82, 2.24) is 0 Å². The van der Waals surface area contributed by atoms with Crippen molar-refractivity contribution in [2.45, 2.75) is 0 Å². The van der Waals surface area contributed by atoms with E-state index in [4.69, 9.17) is 5.73 Å². The summed E-state index contributed by atoms with van der Waals surface area (Å²) in [6.45, 7) is -0.113. The SMILES string of the molecule is NCON([O-])c1ccccc1. The molecule has 11 heavy (non-hydrogen) atoms. The number of rotatable bonds is 3. The van der Waals surface area contributed by atoms with Crippen LogP contribution in [-0.4, -0.2) is 6.73 Å². The van der Waals surface area contributed by atoms with Gasteiger partial charge < -0.3 is 16.2 Å². The van der Waals surface area contributed by atoms with Crippen LogP contribution in [-0.2, 0) is 4.84 Å². The van der Waals surface area contributed by atoms with E-state index in [2.05, 4.69) is 4.84 Å². The highest BCUT2D eigenvalue weighted by molar-refractivity contribution is 5.43. The van der Waals surface area contributed by atoms with Gasteiger partial charge >= 0.3 is 0 Å². The van der Waals surface area contributed by atoms with E-state index in [1.165, 1.54) is 0 Å². The fourth-order valence-electron chi connectivity index (χ4n) is 0.692. The van der Waals surface area contributed by atoms with Crippen molar-refractivity contribution in [2.75, 3.05) is 12.0 Å². The van der Waals surface area contributed by atoms with Gasteiger partial charge in [0.25, 0.3) is 0 Å². The first-order chi connectivity index (χ1) is 5.34. The van der Waals surface area contributed by atoms with E-state index in [0.717, 1.165) is 0 Å². The average Bonchev–Trinajstić information content (AvgIpc) is 2.07. The number of para-hydroxylation sites is 1. The molecule has 0 saturated heterocycles. The fraction of sp³-hybridized carbons (Fsp3) is 0.143. The van der Waals surface area contributed by atoms with Gasteiger partial charge in [0, 0.05) is 0 Å². The summed E-state index contributed by atoms with van der Waals surface area (Å²) in [6, 6.07) is 8.60. The molecule has 0 aliphatic heterocycles. The molecule has 2 N–H and O–H groups in total. The summed E-state index contributed by atoms with van der Waals surface area (Å²) in [5, 5.41) is 11.2. The summed E-state index contributed by atoms with van der Waals surface area (Å²) >= 11 is 0. The van der Waals surface area contributed by atoms with Crippen LogP contribution in [0.2, 0.25) is 0 Å². The maximum Gasteiger partial charge on any atom is 0.122 e. The van der Waals surface area contributed by atoms with Gasteiger partial charge in [-0.2, -0.15) is 0 Å². The lowest BCUT2D eigenvalue weighted by molar-refractivity contribution is 0.139. The molecule has 0 heterocycles. The number of nitrogens with zero attached hydrogens (tertiary/aromatic N) is 1. The minimum Gasteiger partial charge on any atom is -0.733 e. The lowest BCUT2D eigenvalue weighted by Crippen LogP contribution is -2.20. The van der Waals surface area contributed by atoms with Crippen molar-refractivity contribution in [3.8, 4) is 0 Å². The Labute approximate surface area is 64.7 Å². The lowest BCUT2D eigenvalue weighted by Gasteiger charge is -2.27. The number of nitrogens with two attached hydrogens (primary N) is 1. The van der Waals surface area contributed by atoms with E-state index in [0.29, 0.717) is 10.9 Å². The van der Waals surface area contributed by atoms with Gasteiger partial charge in [-0.3, -0.25) is 4.84 Å². The Hall–Kier alpha value is -1.10. The van der Waals surface area contributed by atoms with Gasteiger partial charge in [0.05, 0.1) is 5.69 Å². The van der Waals surface area contributed by atoms with Crippen LogP contribution in [0.15, 0.2) is 30.3 Å². The third-order valence-electron chi connectivity index (χ3n) is 1.16. The van der Waals surface area contributed by atoms with E-state index in [1.807, 2.05) is 6.07 Å². The number of hydrogen-bond acceptors (Lipinski definition) is 4. The molecule has 0 spiro atoms. The van der Waals surface area contributed by atoms with Gasteiger partial charge in [0.2, 0.25) is 0 Å². The Balaban J connectivity index is 2.61. The van der Waals surface area contributed by atoms with Crippen LogP contribution in [0.4, 0.5) is 5.69 Å². The molecule has 0 aliphatic rings. The summed E-state index contributed by atoms with van der Waals surface area (Å²) in [7, 11) is 0. The van der Waals surface area contributed by atoms with Crippen LogP contribution < -0.4 is 11.0 Å². The molecule has 0 amide bonds. The molecule has 4 nitrogen and oxygen atoms in total. The Morgan fingerprint density at radius 2 is 2.00 bits per heavy atom. The normalized spacial score (nSPS) is 9.64. The molecular weight excluding hydrogens is 144 g/mol. The van der Waals surface area contributed by atoms with Crippen LogP contribution in [0.25, 0.3) is 0 Å². The maximum atomic E-state index is 10.9. The quantitative estimate of drug-likeness (QED) is 0.516. The predicted molar refractivity (Wildman–Crippen MR) is 42.4 cm³/mol. The Kier molecular flexibility index (Phi) is 2.85. The van der Waals surface area contributed by atoms with Crippen LogP contribution in [0.5, 0.6) is 0 Å².